The highest BCUT2D eigenvalue weighted by molar-refractivity contribution is 6.50. The highest BCUT2D eigenvalue weighted by Gasteiger charge is 2.51. The summed E-state index contributed by atoms with van der Waals surface area (Å²) < 4.78 is 1.61. The van der Waals surface area contributed by atoms with E-state index >= 15 is 0 Å². The molecule has 3 rings (SSSR count). The van der Waals surface area contributed by atoms with Gasteiger partial charge in [-0.25, -0.2) is 4.98 Å². The van der Waals surface area contributed by atoms with Crippen LogP contribution in [0.15, 0.2) is 30.6 Å². The number of hydrogen-bond acceptors (Lipinski definition) is 1. The monoisotopic (exact) mass is 240 g/mol. The smallest absolute Gasteiger partial charge is 0.123 e. The summed E-state index contributed by atoms with van der Waals surface area (Å²) in [6.07, 6.45) is 2.73. The van der Waals surface area contributed by atoms with E-state index in [9.17, 15) is 0 Å². The lowest BCUT2D eigenvalue weighted by Gasteiger charge is -2.03. The predicted octanol–water partition coefficient (Wildman–Crippen LogP) is 3.23. The third-order valence-electron chi connectivity index (χ3n) is 2.90. The van der Waals surface area contributed by atoms with E-state index in [4.69, 9.17) is 23.2 Å². The molecule has 0 unspecified atom stereocenters. The van der Waals surface area contributed by atoms with Gasteiger partial charge in [0.25, 0.3) is 0 Å². The molecule has 1 aromatic heterocycles. The van der Waals surface area contributed by atoms with Crippen LogP contribution in [0.1, 0.15) is 6.42 Å². The second-order valence-corrected chi connectivity index (χ2v) is 5.59. The van der Waals surface area contributed by atoms with E-state index in [0.29, 0.717) is 5.92 Å². The molecular weight excluding hydrogens is 231 g/mol. The van der Waals surface area contributed by atoms with Crippen LogP contribution in [0.5, 0.6) is 0 Å². The van der Waals surface area contributed by atoms with Crippen molar-refractivity contribution in [2.75, 3.05) is 0 Å². The van der Waals surface area contributed by atoms with E-state index < -0.39 is 4.33 Å². The van der Waals surface area contributed by atoms with Crippen LogP contribution in [-0.2, 0) is 6.54 Å². The third kappa shape index (κ3) is 1.62. The van der Waals surface area contributed by atoms with Gasteiger partial charge >= 0.3 is 0 Å². The predicted molar refractivity (Wildman–Crippen MR) is 62.3 cm³/mol. The minimum Gasteiger partial charge on any atom is -0.330 e. The Morgan fingerprint density at radius 1 is 1.40 bits per heavy atom. The third-order valence-corrected chi connectivity index (χ3v) is 3.83. The average Bonchev–Trinajstić information content (AvgIpc) is 2.64. The van der Waals surface area contributed by atoms with Crippen LogP contribution in [0, 0.1) is 5.92 Å². The summed E-state index contributed by atoms with van der Waals surface area (Å²) >= 11 is 12.0. The number of benzene rings is 1. The molecule has 1 saturated carbocycles. The van der Waals surface area contributed by atoms with Gasteiger partial charge in [0, 0.05) is 12.5 Å². The molecule has 0 aliphatic heterocycles. The second kappa shape index (κ2) is 3.13. The minimum absolute atomic E-state index is 0.360. The van der Waals surface area contributed by atoms with Crippen molar-refractivity contribution in [3.05, 3.63) is 30.6 Å². The van der Waals surface area contributed by atoms with Crippen LogP contribution in [0.25, 0.3) is 11.0 Å². The van der Waals surface area contributed by atoms with Crippen molar-refractivity contribution in [1.82, 2.24) is 9.55 Å². The maximum absolute atomic E-state index is 6.01. The first-order valence-electron chi connectivity index (χ1n) is 4.94. The van der Waals surface area contributed by atoms with Gasteiger partial charge in [-0.05, 0) is 18.6 Å². The van der Waals surface area contributed by atoms with Gasteiger partial charge < -0.3 is 4.57 Å². The Hall–Kier alpha value is -0.730. The maximum Gasteiger partial charge on any atom is 0.123 e. The molecular formula is C11H10Cl2N2. The van der Waals surface area contributed by atoms with Crippen molar-refractivity contribution in [3.63, 3.8) is 0 Å². The minimum atomic E-state index is -0.509. The molecule has 1 atom stereocenters. The Kier molecular flexibility index (Phi) is 1.98. The van der Waals surface area contributed by atoms with Crippen LogP contribution >= 0.6 is 23.2 Å². The molecule has 4 heteroatoms. The molecule has 2 aromatic rings. The zero-order valence-corrected chi connectivity index (χ0v) is 9.54. The Morgan fingerprint density at radius 2 is 2.13 bits per heavy atom. The maximum atomic E-state index is 6.01. The summed E-state index contributed by atoms with van der Waals surface area (Å²) in [5.74, 6) is 0.360. The summed E-state index contributed by atoms with van der Waals surface area (Å²) in [5, 5.41) is 0. The topological polar surface area (TPSA) is 17.8 Å². The highest BCUT2D eigenvalue weighted by atomic mass is 35.5. The highest BCUT2D eigenvalue weighted by Crippen LogP contribution is 2.54. The van der Waals surface area contributed by atoms with E-state index in [1.54, 1.807) is 0 Å². The number of rotatable bonds is 2. The Morgan fingerprint density at radius 3 is 2.87 bits per heavy atom. The number of fused-ring (bicyclic) bond motifs is 1. The van der Waals surface area contributed by atoms with Crippen molar-refractivity contribution in [1.29, 1.82) is 0 Å². The van der Waals surface area contributed by atoms with E-state index in [1.807, 2.05) is 24.5 Å². The summed E-state index contributed by atoms with van der Waals surface area (Å²) in [6, 6.07) is 8.08. The van der Waals surface area contributed by atoms with Crippen molar-refractivity contribution in [2.45, 2.75) is 17.3 Å². The van der Waals surface area contributed by atoms with Crippen LogP contribution in [0.3, 0.4) is 0 Å². The largest absolute Gasteiger partial charge is 0.330 e. The van der Waals surface area contributed by atoms with Crippen molar-refractivity contribution < 1.29 is 0 Å². The first-order valence-corrected chi connectivity index (χ1v) is 5.70. The zero-order chi connectivity index (χ0) is 10.5. The molecule has 0 bridgehead atoms. The van der Waals surface area contributed by atoms with E-state index in [2.05, 4.69) is 15.6 Å². The second-order valence-electron chi connectivity index (χ2n) is 4.05. The summed E-state index contributed by atoms with van der Waals surface area (Å²) in [4.78, 5) is 4.32. The first-order chi connectivity index (χ1) is 7.17. The molecule has 0 spiro atoms. The van der Waals surface area contributed by atoms with E-state index in [1.165, 1.54) is 0 Å². The molecule has 0 amide bonds. The molecule has 78 valence electrons. The van der Waals surface area contributed by atoms with Gasteiger partial charge in [0.15, 0.2) is 0 Å². The van der Waals surface area contributed by atoms with Crippen LogP contribution in [0.4, 0.5) is 0 Å². The van der Waals surface area contributed by atoms with Crippen molar-refractivity contribution in [3.8, 4) is 0 Å². The number of imidazole rings is 1. The fourth-order valence-electron chi connectivity index (χ4n) is 1.86. The number of aromatic nitrogens is 2. The number of alkyl halides is 2. The van der Waals surface area contributed by atoms with Crippen LogP contribution in [-0.4, -0.2) is 13.9 Å². The molecule has 1 aliphatic carbocycles. The standard InChI is InChI=1S/C11H10Cl2N2/c12-11(13)5-8(11)6-15-7-14-9-3-1-2-4-10(9)15/h1-4,7-8H,5-6H2/t8-/m0/s1. The Labute approximate surface area is 97.8 Å². The molecule has 1 aliphatic rings. The van der Waals surface area contributed by atoms with Crippen LogP contribution < -0.4 is 0 Å². The Bertz CT molecular complexity index is 504. The quantitative estimate of drug-likeness (QED) is 0.738. The molecule has 0 N–H and O–H groups in total. The lowest BCUT2D eigenvalue weighted by molar-refractivity contribution is 0.636. The molecule has 1 heterocycles. The molecule has 1 fully saturated rings. The van der Waals surface area contributed by atoms with Gasteiger partial charge in [-0.2, -0.15) is 0 Å². The van der Waals surface area contributed by atoms with Crippen LogP contribution in [0.2, 0.25) is 0 Å². The number of para-hydroxylation sites is 2. The average molecular weight is 241 g/mol. The van der Waals surface area contributed by atoms with E-state index in [-0.39, 0.29) is 0 Å². The molecule has 0 saturated heterocycles. The van der Waals surface area contributed by atoms with Gasteiger partial charge in [-0.3, -0.25) is 0 Å². The molecule has 0 radical (unpaired) electrons. The molecule has 2 nitrogen and oxygen atoms in total. The van der Waals surface area contributed by atoms with Gasteiger partial charge in [-0.15, -0.1) is 23.2 Å². The lowest BCUT2D eigenvalue weighted by Crippen LogP contribution is -2.02. The van der Waals surface area contributed by atoms with Gasteiger partial charge in [0.1, 0.15) is 4.33 Å². The normalized spacial score (nSPS) is 23.2. The van der Waals surface area contributed by atoms with E-state index in [0.717, 1.165) is 24.0 Å². The fraction of sp³-hybridized carbons (Fsp3) is 0.364. The lowest BCUT2D eigenvalue weighted by atomic mass is 10.3. The summed E-state index contributed by atoms with van der Waals surface area (Å²) in [5.41, 5.74) is 2.17. The summed E-state index contributed by atoms with van der Waals surface area (Å²) in [6.45, 7) is 0.855. The summed E-state index contributed by atoms with van der Waals surface area (Å²) in [7, 11) is 0. The SMILES string of the molecule is ClC1(Cl)C[C@H]1Cn1cnc2ccccc21. The van der Waals surface area contributed by atoms with Gasteiger partial charge in [0.2, 0.25) is 0 Å². The molecule has 15 heavy (non-hydrogen) atoms. The molecule has 1 aromatic carbocycles. The van der Waals surface area contributed by atoms with Crippen molar-refractivity contribution in [2.24, 2.45) is 5.92 Å². The van der Waals surface area contributed by atoms with Crippen molar-refractivity contribution >= 4 is 34.2 Å². The number of nitrogens with zero attached hydrogens (tertiary/aromatic N) is 2. The van der Waals surface area contributed by atoms with Gasteiger partial charge in [-0.1, -0.05) is 12.1 Å². The number of hydrogen-bond donors (Lipinski definition) is 0. The van der Waals surface area contributed by atoms with Gasteiger partial charge in [0.05, 0.1) is 17.4 Å². The zero-order valence-electron chi connectivity index (χ0n) is 8.03. The fourth-order valence-corrected chi connectivity index (χ4v) is 2.37. The first kappa shape index (κ1) is 9.49. The number of halogens is 2. The Balaban J connectivity index is 1.92.